The molecule has 0 bridgehead atoms. The molecule has 2 amide bonds. The van der Waals surface area contributed by atoms with Crippen LogP contribution in [0.4, 0.5) is 0 Å². The molecule has 1 aromatic carbocycles. The van der Waals surface area contributed by atoms with Crippen molar-refractivity contribution in [3.63, 3.8) is 0 Å². The van der Waals surface area contributed by atoms with E-state index in [-0.39, 0.29) is 23.4 Å². The van der Waals surface area contributed by atoms with E-state index in [1.165, 1.54) is 0 Å². The van der Waals surface area contributed by atoms with Gasteiger partial charge >= 0.3 is 0 Å². The van der Waals surface area contributed by atoms with Crippen LogP contribution in [0.5, 0.6) is 0 Å². The first-order valence-electron chi connectivity index (χ1n) is 12.0. The van der Waals surface area contributed by atoms with E-state index in [9.17, 15) is 14.4 Å². The van der Waals surface area contributed by atoms with Crippen LogP contribution in [0.15, 0.2) is 29.1 Å². The van der Waals surface area contributed by atoms with Crippen LogP contribution in [0.3, 0.4) is 0 Å². The standard InChI is InChI=1S/C24H35N5O3S/c1-2-13-25-22(31)17-28-15-11-18(12-16-28)26-21(30)10-4-3-7-14-29-23(32)19-8-5-6-9-20(19)27-24(29)33/h5-6,8-9,18H,2-4,7,10-17H2,1H3,(H,25,31)(H,26,30)(H,27,33). The third kappa shape index (κ3) is 7.50. The second-order valence-electron chi connectivity index (χ2n) is 8.71. The van der Waals surface area contributed by atoms with Crippen LogP contribution < -0.4 is 16.2 Å². The predicted molar refractivity (Wildman–Crippen MR) is 133 cm³/mol. The summed E-state index contributed by atoms with van der Waals surface area (Å²) in [6, 6.07) is 7.55. The molecule has 8 nitrogen and oxygen atoms in total. The number of hydrogen-bond donors (Lipinski definition) is 3. The van der Waals surface area contributed by atoms with Gasteiger partial charge in [-0.1, -0.05) is 25.5 Å². The number of hydrogen-bond acceptors (Lipinski definition) is 5. The molecule has 0 aliphatic carbocycles. The number of aromatic amines is 1. The molecular weight excluding hydrogens is 438 g/mol. The Hall–Kier alpha value is -2.52. The zero-order chi connectivity index (χ0) is 23.6. The maximum Gasteiger partial charge on any atom is 0.262 e. The second-order valence-corrected chi connectivity index (χ2v) is 9.10. The van der Waals surface area contributed by atoms with Crippen LogP contribution in [0.2, 0.25) is 0 Å². The van der Waals surface area contributed by atoms with Crippen LogP contribution in [0.1, 0.15) is 51.9 Å². The molecule has 0 atom stereocenters. The van der Waals surface area contributed by atoms with Crippen molar-refractivity contribution in [3.8, 4) is 0 Å². The van der Waals surface area contributed by atoms with Gasteiger partial charge in [-0.15, -0.1) is 0 Å². The molecule has 1 saturated heterocycles. The number of amides is 2. The molecule has 1 aromatic heterocycles. The molecule has 0 unspecified atom stereocenters. The van der Waals surface area contributed by atoms with Crippen molar-refractivity contribution in [2.75, 3.05) is 26.2 Å². The summed E-state index contributed by atoms with van der Waals surface area (Å²) in [5.41, 5.74) is 0.687. The largest absolute Gasteiger partial charge is 0.355 e. The molecule has 9 heteroatoms. The Morgan fingerprint density at radius 3 is 2.64 bits per heavy atom. The van der Waals surface area contributed by atoms with E-state index in [0.29, 0.717) is 29.7 Å². The highest BCUT2D eigenvalue weighted by atomic mass is 32.1. The molecule has 0 saturated carbocycles. The van der Waals surface area contributed by atoms with Crippen LogP contribution in [-0.2, 0) is 16.1 Å². The number of carbonyl (C=O) groups excluding carboxylic acids is 2. The Bertz CT molecular complexity index is 1060. The van der Waals surface area contributed by atoms with Gasteiger partial charge in [0.25, 0.3) is 5.56 Å². The maximum absolute atomic E-state index is 12.7. The van der Waals surface area contributed by atoms with Gasteiger partial charge in [0.15, 0.2) is 4.77 Å². The molecule has 2 aromatic rings. The lowest BCUT2D eigenvalue weighted by molar-refractivity contribution is -0.124. The number of likely N-dealkylation sites (tertiary alicyclic amines) is 1. The Labute approximate surface area is 199 Å². The van der Waals surface area contributed by atoms with Gasteiger partial charge in [0.1, 0.15) is 0 Å². The van der Waals surface area contributed by atoms with Crippen molar-refractivity contribution < 1.29 is 9.59 Å². The summed E-state index contributed by atoms with van der Waals surface area (Å²) in [6.45, 7) is 5.39. The highest BCUT2D eigenvalue weighted by Crippen LogP contribution is 2.11. The minimum absolute atomic E-state index is 0.0683. The Balaban J connectivity index is 1.33. The van der Waals surface area contributed by atoms with E-state index in [4.69, 9.17) is 12.2 Å². The summed E-state index contributed by atoms with van der Waals surface area (Å²) in [7, 11) is 0. The van der Waals surface area contributed by atoms with Crippen LogP contribution >= 0.6 is 12.2 Å². The van der Waals surface area contributed by atoms with Gasteiger partial charge in [-0.3, -0.25) is 23.9 Å². The van der Waals surface area contributed by atoms with E-state index < -0.39 is 0 Å². The first kappa shape index (κ1) is 25.1. The van der Waals surface area contributed by atoms with Gasteiger partial charge in [0, 0.05) is 38.6 Å². The summed E-state index contributed by atoms with van der Waals surface area (Å²) in [5.74, 6) is 0.153. The number of benzene rings is 1. The number of aromatic nitrogens is 2. The molecule has 1 aliphatic heterocycles. The molecule has 1 aliphatic rings. The molecule has 180 valence electrons. The highest BCUT2D eigenvalue weighted by Gasteiger charge is 2.21. The quantitative estimate of drug-likeness (QED) is 0.344. The summed E-state index contributed by atoms with van der Waals surface area (Å²) < 4.78 is 2.04. The van der Waals surface area contributed by atoms with Crippen LogP contribution in [0.25, 0.3) is 10.9 Å². The fraction of sp³-hybridized carbons (Fsp3) is 0.583. The number of piperidine rings is 1. The molecule has 0 spiro atoms. The number of para-hydroxylation sites is 1. The normalized spacial score (nSPS) is 14.9. The number of unbranched alkanes of at least 4 members (excludes halogenated alkanes) is 2. The zero-order valence-corrected chi connectivity index (χ0v) is 20.2. The smallest absolute Gasteiger partial charge is 0.262 e. The number of rotatable bonds is 11. The number of nitrogens with one attached hydrogen (secondary N) is 3. The number of carbonyl (C=O) groups is 2. The number of fused-ring (bicyclic) bond motifs is 1. The molecule has 1 fully saturated rings. The van der Waals surface area contributed by atoms with E-state index in [1.807, 2.05) is 25.1 Å². The lowest BCUT2D eigenvalue weighted by Gasteiger charge is -2.31. The van der Waals surface area contributed by atoms with E-state index in [0.717, 1.165) is 63.7 Å². The summed E-state index contributed by atoms with van der Waals surface area (Å²) >= 11 is 5.35. The van der Waals surface area contributed by atoms with Crippen molar-refractivity contribution in [3.05, 3.63) is 39.4 Å². The Morgan fingerprint density at radius 2 is 1.88 bits per heavy atom. The number of nitrogens with zero attached hydrogens (tertiary/aromatic N) is 2. The monoisotopic (exact) mass is 473 g/mol. The average Bonchev–Trinajstić information content (AvgIpc) is 2.80. The minimum Gasteiger partial charge on any atom is -0.355 e. The fourth-order valence-electron chi connectivity index (χ4n) is 4.19. The predicted octanol–water partition coefficient (Wildman–Crippen LogP) is 2.73. The van der Waals surface area contributed by atoms with Crippen molar-refractivity contribution in [1.29, 1.82) is 0 Å². The summed E-state index contributed by atoms with van der Waals surface area (Å²) in [6.07, 6.45) is 5.59. The van der Waals surface area contributed by atoms with Crippen molar-refractivity contribution in [2.24, 2.45) is 0 Å². The van der Waals surface area contributed by atoms with Crippen molar-refractivity contribution in [2.45, 2.75) is 64.5 Å². The van der Waals surface area contributed by atoms with Gasteiger partial charge in [0.05, 0.1) is 17.4 Å². The lowest BCUT2D eigenvalue weighted by atomic mass is 10.0. The summed E-state index contributed by atoms with van der Waals surface area (Å²) in [4.78, 5) is 42.1. The molecule has 3 rings (SSSR count). The van der Waals surface area contributed by atoms with Crippen LogP contribution in [-0.4, -0.2) is 58.5 Å². The fourth-order valence-corrected chi connectivity index (χ4v) is 4.48. The Morgan fingerprint density at radius 1 is 1.12 bits per heavy atom. The van der Waals surface area contributed by atoms with E-state index in [2.05, 4.69) is 20.5 Å². The van der Waals surface area contributed by atoms with Crippen LogP contribution in [0, 0.1) is 4.77 Å². The van der Waals surface area contributed by atoms with Crippen molar-refractivity contribution in [1.82, 2.24) is 25.1 Å². The third-order valence-electron chi connectivity index (χ3n) is 6.07. The first-order chi connectivity index (χ1) is 16.0. The Kier molecular flexibility index (Phi) is 9.62. The molecule has 0 radical (unpaired) electrons. The van der Waals surface area contributed by atoms with Gasteiger partial charge in [-0.05, 0) is 56.5 Å². The number of H-pyrrole nitrogens is 1. The summed E-state index contributed by atoms with van der Waals surface area (Å²) in [5, 5.41) is 6.67. The first-order valence-corrected chi connectivity index (χ1v) is 12.4. The van der Waals surface area contributed by atoms with Gasteiger partial charge < -0.3 is 15.6 Å². The third-order valence-corrected chi connectivity index (χ3v) is 6.39. The van der Waals surface area contributed by atoms with E-state index in [1.54, 1.807) is 10.6 Å². The highest BCUT2D eigenvalue weighted by molar-refractivity contribution is 7.71. The molecule has 33 heavy (non-hydrogen) atoms. The lowest BCUT2D eigenvalue weighted by Crippen LogP contribution is -2.47. The molecule has 2 heterocycles. The molecular formula is C24H35N5O3S. The second kappa shape index (κ2) is 12.6. The van der Waals surface area contributed by atoms with Gasteiger partial charge in [-0.25, -0.2) is 0 Å². The maximum atomic E-state index is 12.7. The van der Waals surface area contributed by atoms with Gasteiger partial charge in [-0.2, -0.15) is 0 Å². The van der Waals surface area contributed by atoms with E-state index >= 15 is 0 Å². The zero-order valence-electron chi connectivity index (χ0n) is 19.4. The average molecular weight is 474 g/mol. The topological polar surface area (TPSA) is 99.2 Å². The minimum atomic E-state index is -0.0683. The van der Waals surface area contributed by atoms with Gasteiger partial charge in [0.2, 0.25) is 11.8 Å². The van der Waals surface area contributed by atoms with Crippen molar-refractivity contribution >= 4 is 34.9 Å². The molecule has 3 N–H and O–H groups in total. The SMILES string of the molecule is CCCNC(=O)CN1CCC(NC(=O)CCCCCn2c(=S)[nH]c3ccccc3c2=O)CC1.